The molecule has 3 rings (SSSR count). The molecule has 2 aromatic heterocycles. The normalized spacial score (nSPS) is 10.8. The Morgan fingerprint density at radius 3 is 2.90 bits per heavy atom. The van der Waals surface area contributed by atoms with Crippen molar-refractivity contribution >= 4 is 22.7 Å². The van der Waals surface area contributed by atoms with E-state index in [9.17, 15) is 4.79 Å². The van der Waals surface area contributed by atoms with Crippen molar-refractivity contribution in [3.63, 3.8) is 0 Å². The van der Waals surface area contributed by atoms with E-state index in [2.05, 4.69) is 15.0 Å². The van der Waals surface area contributed by atoms with Crippen molar-refractivity contribution in [2.75, 3.05) is 0 Å². The Hall–Kier alpha value is -2.18. The molecule has 0 aliphatic carbocycles. The smallest absolute Gasteiger partial charge is 0.251 e. The predicted molar refractivity (Wildman–Crippen MR) is 78.6 cm³/mol. The molecular weight excluding hydrogens is 272 g/mol. The number of aromatic nitrogens is 3. The quantitative estimate of drug-likeness (QED) is 0.718. The maximum Gasteiger partial charge on any atom is 0.251 e. The van der Waals surface area contributed by atoms with Crippen LogP contribution in [0, 0.1) is 0 Å². The molecule has 1 aromatic carbocycles. The number of rotatable bonds is 3. The van der Waals surface area contributed by atoms with Gasteiger partial charge < -0.3 is 10.7 Å². The van der Waals surface area contributed by atoms with Gasteiger partial charge in [-0.25, -0.2) is 9.97 Å². The van der Waals surface area contributed by atoms with Crippen LogP contribution in [-0.2, 0) is 6.54 Å². The lowest BCUT2D eigenvalue weighted by Crippen LogP contribution is -2.06. The number of hydrogen-bond donors (Lipinski definition) is 2. The molecule has 3 N–H and O–H groups in total. The second-order valence-electron chi connectivity index (χ2n) is 4.19. The van der Waals surface area contributed by atoms with Gasteiger partial charge >= 0.3 is 0 Å². The van der Waals surface area contributed by atoms with E-state index in [0.717, 1.165) is 21.5 Å². The second-order valence-corrected chi connectivity index (χ2v) is 5.17. The molecule has 0 bridgehead atoms. The van der Waals surface area contributed by atoms with Crippen LogP contribution in [-0.4, -0.2) is 15.0 Å². The zero-order valence-corrected chi connectivity index (χ0v) is 11.4. The molecule has 2 heterocycles. The molecule has 0 unspecified atom stereocenters. The largest absolute Gasteiger partial charge is 0.326 e. The van der Waals surface area contributed by atoms with Crippen LogP contribution in [0.3, 0.4) is 0 Å². The van der Waals surface area contributed by atoms with Crippen LogP contribution >= 0.6 is 11.8 Å². The Morgan fingerprint density at radius 2 is 2.10 bits per heavy atom. The average molecular weight is 284 g/mol. The van der Waals surface area contributed by atoms with Crippen molar-refractivity contribution in [1.29, 1.82) is 0 Å². The summed E-state index contributed by atoms with van der Waals surface area (Å²) in [6.45, 7) is 0.386. The number of nitrogens with one attached hydrogen (secondary N) is 1. The highest BCUT2D eigenvalue weighted by molar-refractivity contribution is 7.99. The Balaban J connectivity index is 2.07. The molecule has 0 spiro atoms. The predicted octanol–water partition coefficient (Wildman–Crippen LogP) is 1.93. The summed E-state index contributed by atoms with van der Waals surface area (Å²) in [6.07, 6.45) is 1.48. The molecule has 0 fully saturated rings. The fraction of sp³-hybridized carbons (Fsp3) is 0.0714. The summed E-state index contributed by atoms with van der Waals surface area (Å²) in [7, 11) is 0. The standard InChI is InChI=1S/C14H12N4OS/c15-8-10-7-9-3-1-2-4-11(9)17-13(10)20-14-16-6-5-12(19)18-14/h1-7H,8,15H2,(H,16,18,19). The molecule has 20 heavy (non-hydrogen) atoms. The molecule has 100 valence electrons. The van der Waals surface area contributed by atoms with E-state index in [0.29, 0.717) is 11.7 Å². The summed E-state index contributed by atoms with van der Waals surface area (Å²) in [5.74, 6) is 0. The first-order chi connectivity index (χ1) is 9.76. The molecule has 0 atom stereocenters. The van der Waals surface area contributed by atoms with Crippen molar-refractivity contribution in [1.82, 2.24) is 15.0 Å². The monoisotopic (exact) mass is 284 g/mol. The highest BCUT2D eigenvalue weighted by Crippen LogP contribution is 2.28. The fourth-order valence-corrected chi connectivity index (χ4v) is 2.74. The number of nitrogens with two attached hydrogens (primary N) is 1. The van der Waals surface area contributed by atoms with Crippen LogP contribution in [0.25, 0.3) is 10.9 Å². The van der Waals surface area contributed by atoms with Gasteiger partial charge in [-0.15, -0.1) is 0 Å². The van der Waals surface area contributed by atoms with Gasteiger partial charge in [-0.2, -0.15) is 0 Å². The molecule has 6 heteroatoms. The second kappa shape index (κ2) is 5.44. The van der Waals surface area contributed by atoms with Crippen molar-refractivity contribution in [2.45, 2.75) is 16.7 Å². The number of pyridine rings is 1. The zero-order chi connectivity index (χ0) is 13.9. The summed E-state index contributed by atoms with van der Waals surface area (Å²) >= 11 is 1.31. The van der Waals surface area contributed by atoms with Gasteiger partial charge in [0.25, 0.3) is 5.56 Å². The van der Waals surface area contributed by atoms with E-state index >= 15 is 0 Å². The number of benzene rings is 1. The summed E-state index contributed by atoms with van der Waals surface area (Å²) in [4.78, 5) is 22.7. The van der Waals surface area contributed by atoms with Crippen molar-refractivity contribution in [3.8, 4) is 0 Å². The molecule has 0 radical (unpaired) electrons. The number of H-pyrrole nitrogens is 1. The minimum Gasteiger partial charge on any atom is -0.326 e. The van der Waals surface area contributed by atoms with Gasteiger partial charge in [0.1, 0.15) is 5.03 Å². The van der Waals surface area contributed by atoms with Crippen molar-refractivity contribution < 1.29 is 0 Å². The van der Waals surface area contributed by atoms with E-state index in [1.807, 2.05) is 30.3 Å². The first-order valence-electron chi connectivity index (χ1n) is 6.08. The lowest BCUT2D eigenvalue weighted by atomic mass is 10.1. The molecular formula is C14H12N4OS. The third kappa shape index (κ3) is 2.56. The summed E-state index contributed by atoms with van der Waals surface area (Å²) < 4.78 is 0. The van der Waals surface area contributed by atoms with E-state index in [4.69, 9.17) is 5.73 Å². The first kappa shape index (κ1) is 12.8. The van der Waals surface area contributed by atoms with Crippen molar-refractivity contribution in [3.05, 3.63) is 58.5 Å². The zero-order valence-electron chi connectivity index (χ0n) is 10.5. The average Bonchev–Trinajstić information content (AvgIpc) is 2.46. The number of fused-ring (bicyclic) bond motifs is 1. The number of hydrogen-bond acceptors (Lipinski definition) is 5. The van der Waals surface area contributed by atoms with E-state index in [1.165, 1.54) is 24.0 Å². The van der Waals surface area contributed by atoms with Crippen molar-refractivity contribution in [2.24, 2.45) is 5.73 Å². The molecule has 0 saturated carbocycles. The molecule has 0 amide bonds. The van der Waals surface area contributed by atoms with Crippen LogP contribution in [0.1, 0.15) is 5.56 Å². The fourth-order valence-electron chi connectivity index (χ4n) is 1.87. The third-order valence-electron chi connectivity index (χ3n) is 2.82. The van der Waals surface area contributed by atoms with Crippen LogP contribution in [0.5, 0.6) is 0 Å². The highest BCUT2D eigenvalue weighted by Gasteiger charge is 2.09. The minimum atomic E-state index is -0.183. The Bertz CT molecular complexity index is 815. The van der Waals surface area contributed by atoms with E-state index < -0.39 is 0 Å². The van der Waals surface area contributed by atoms with Crippen LogP contribution in [0.4, 0.5) is 0 Å². The topological polar surface area (TPSA) is 84.7 Å². The molecule has 0 aliphatic rings. The van der Waals surface area contributed by atoms with Gasteiger partial charge in [0.15, 0.2) is 5.16 Å². The van der Waals surface area contributed by atoms with Gasteiger partial charge in [0, 0.05) is 24.2 Å². The SMILES string of the molecule is NCc1cc2ccccc2nc1Sc1nccc(=O)[nH]1. The summed E-state index contributed by atoms with van der Waals surface area (Å²) in [5.41, 5.74) is 7.42. The van der Waals surface area contributed by atoms with Gasteiger partial charge in [-0.3, -0.25) is 4.79 Å². The molecule has 0 aliphatic heterocycles. The maximum absolute atomic E-state index is 11.3. The lowest BCUT2D eigenvalue weighted by Gasteiger charge is -2.07. The van der Waals surface area contributed by atoms with Gasteiger partial charge in [0.2, 0.25) is 0 Å². The lowest BCUT2D eigenvalue weighted by molar-refractivity contribution is 0.922. The molecule has 5 nitrogen and oxygen atoms in total. The summed E-state index contributed by atoms with van der Waals surface area (Å²) in [6, 6.07) is 11.2. The minimum absolute atomic E-state index is 0.183. The highest BCUT2D eigenvalue weighted by atomic mass is 32.2. The summed E-state index contributed by atoms with van der Waals surface area (Å²) in [5, 5.41) is 2.32. The first-order valence-corrected chi connectivity index (χ1v) is 6.90. The number of para-hydroxylation sites is 1. The van der Waals surface area contributed by atoms with Gasteiger partial charge in [-0.1, -0.05) is 18.2 Å². The van der Waals surface area contributed by atoms with Crippen LogP contribution < -0.4 is 11.3 Å². The number of aromatic amines is 1. The maximum atomic E-state index is 11.3. The van der Waals surface area contributed by atoms with Crippen LogP contribution in [0.15, 0.2) is 57.6 Å². The number of nitrogens with zero attached hydrogens (tertiary/aromatic N) is 2. The third-order valence-corrected chi connectivity index (χ3v) is 3.77. The Labute approximate surface area is 119 Å². The molecule has 3 aromatic rings. The van der Waals surface area contributed by atoms with Gasteiger partial charge in [0.05, 0.1) is 5.52 Å². The van der Waals surface area contributed by atoms with Gasteiger partial charge in [-0.05, 0) is 29.5 Å². The Kier molecular flexibility index (Phi) is 3.49. The molecule has 0 saturated heterocycles. The van der Waals surface area contributed by atoms with E-state index in [1.54, 1.807) is 0 Å². The Morgan fingerprint density at radius 1 is 1.25 bits per heavy atom. The van der Waals surface area contributed by atoms with E-state index in [-0.39, 0.29) is 5.56 Å². The van der Waals surface area contributed by atoms with Crippen LogP contribution in [0.2, 0.25) is 0 Å².